The molecule has 6 heteroatoms. The molecule has 0 spiro atoms. The van der Waals surface area contributed by atoms with Crippen LogP contribution in [0.4, 0.5) is 0 Å². The zero-order valence-electron chi connectivity index (χ0n) is 11.8. The molecule has 3 rings (SSSR count). The molecule has 2 aromatic rings. The third-order valence-electron chi connectivity index (χ3n) is 3.30. The summed E-state index contributed by atoms with van der Waals surface area (Å²) in [4.78, 5) is 9.05. The van der Waals surface area contributed by atoms with Gasteiger partial charge in [0, 0.05) is 24.7 Å². The Morgan fingerprint density at radius 2 is 2.25 bits per heavy atom. The fraction of sp³-hybridized carbons (Fsp3) is 0.500. The van der Waals surface area contributed by atoms with Gasteiger partial charge in [0.15, 0.2) is 5.82 Å². The first kappa shape index (κ1) is 13.2. The number of aromatic nitrogens is 4. The van der Waals surface area contributed by atoms with Gasteiger partial charge in [0.25, 0.3) is 0 Å². The molecule has 1 unspecified atom stereocenters. The first-order chi connectivity index (χ1) is 9.72. The van der Waals surface area contributed by atoms with Gasteiger partial charge in [-0.25, -0.2) is 9.97 Å². The second-order valence-electron chi connectivity index (χ2n) is 5.05. The maximum absolute atomic E-state index is 5.49. The van der Waals surface area contributed by atoms with E-state index in [2.05, 4.69) is 20.4 Å². The lowest BCUT2D eigenvalue weighted by molar-refractivity contribution is 0.0762. The van der Waals surface area contributed by atoms with E-state index in [0.717, 1.165) is 42.7 Å². The van der Waals surface area contributed by atoms with E-state index in [4.69, 9.17) is 4.74 Å². The van der Waals surface area contributed by atoms with Gasteiger partial charge in [-0.05, 0) is 26.0 Å². The van der Waals surface area contributed by atoms with E-state index in [1.165, 1.54) is 0 Å². The minimum Gasteiger partial charge on any atom is -0.379 e. The normalized spacial score (nSPS) is 19.2. The molecule has 20 heavy (non-hydrogen) atoms. The van der Waals surface area contributed by atoms with Crippen LogP contribution in [-0.4, -0.2) is 45.5 Å². The van der Waals surface area contributed by atoms with Crippen molar-refractivity contribution in [2.24, 2.45) is 0 Å². The number of aryl methyl sites for hydroxylation is 2. The summed E-state index contributed by atoms with van der Waals surface area (Å²) in [7, 11) is 0. The third kappa shape index (κ3) is 2.86. The third-order valence-corrected chi connectivity index (χ3v) is 3.30. The molecular weight excluding hydrogens is 254 g/mol. The lowest BCUT2D eigenvalue weighted by Gasteiger charge is -2.23. The Bertz CT molecular complexity index is 589. The van der Waals surface area contributed by atoms with Crippen molar-refractivity contribution in [3.8, 4) is 5.82 Å². The smallest absolute Gasteiger partial charge is 0.155 e. The average Bonchev–Trinajstić information content (AvgIpc) is 2.81. The Kier molecular flexibility index (Phi) is 3.75. The molecule has 1 aliphatic heterocycles. The van der Waals surface area contributed by atoms with Gasteiger partial charge in [-0.1, -0.05) is 6.07 Å². The molecule has 1 fully saturated rings. The predicted molar refractivity (Wildman–Crippen MR) is 74.9 cm³/mol. The fourth-order valence-electron chi connectivity index (χ4n) is 2.39. The number of rotatable bonds is 3. The maximum Gasteiger partial charge on any atom is 0.155 e. The van der Waals surface area contributed by atoms with Crippen molar-refractivity contribution in [3.63, 3.8) is 0 Å². The van der Waals surface area contributed by atoms with Crippen molar-refractivity contribution in [1.82, 2.24) is 25.1 Å². The molecule has 1 aliphatic rings. The van der Waals surface area contributed by atoms with E-state index in [1.807, 2.05) is 36.7 Å². The zero-order valence-corrected chi connectivity index (χ0v) is 11.8. The summed E-state index contributed by atoms with van der Waals surface area (Å²) in [6.45, 7) is 6.26. The number of pyridine rings is 1. The van der Waals surface area contributed by atoms with E-state index < -0.39 is 0 Å². The number of ether oxygens (including phenoxy) is 1. The molecule has 0 aliphatic carbocycles. The summed E-state index contributed by atoms with van der Waals surface area (Å²) in [6, 6.07) is 6.20. The molecule has 1 saturated heterocycles. The van der Waals surface area contributed by atoms with Crippen LogP contribution in [0, 0.1) is 13.8 Å². The summed E-state index contributed by atoms with van der Waals surface area (Å²) in [6.07, 6.45) is 0.788. The van der Waals surface area contributed by atoms with Crippen LogP contribution in [0.2, 0.25) is 0 Å². The first-order valence-corrected chi connectivity index (χ1v) is 6.90. The Balaban J connectivity index is 1.87. The molecule has 3 heterocycles. The highest BCUT2D eigenvalue weighted by atomic mass is 16.5. The van der Waals surface area contributed by atoms with Gasteiger partial charge in [-0.3, -0.25) is 0 Å². The van der Waals surface area contributed by atoms with Crippen LogP contribution in [0.3, 0.4) is 0 Å². The fourth-order valence-corrected chi connectivity index (χ4v) is 2.39. The van der Waals surface area contributed by atoms with Crippen LogP contribution >= 0.6 is 0 Å². The van der Waals surface area contributed by atoms with Gasteiger partial charge in [0.2, 0.25) is 0 Å². The topological polar surface area (TPSA) is 64.9 Å². The van der Waals surface area contributed by atoms with Gasteiger partial charge < -0.3 is 10.1 Å². The predicted octanol–water partition coefficient (Wildman–Crippen LogP) is 0.810. The summed E-state index contributed by atoms with van der Waals surface area (Å²) >= 11 is 0. The molecule has 1 atom stereocenters. The van der Waals surface area contributed by atoms with Crippen LogP contribution in [-0.2, 0) is 11.2 Å². The molecule has 1 N–H and O–H groups in total. The minimum atomic E-state index is 0.288. The van der Waals surface area contributed by atoms with Crippen molar-refractivity contribution < 1.29 is 4.74 Å². The minimum absolute atomic E-state index is 0.288. The maximum atomic E-state index is 5.49. The van der Waals surface area contributed by atoms with E-state index in [1.54, 1.807) is 0 Å². The van der Waals surface area contributed by atoms with Crippen molar-refractivity contribution in [3.05, 3.63) is 35.5 Å². The lowest BCUT2D eigenvalue weighted by Crippen LogP contribution is -2.43. The van der Waals surface area contributed by atoms with E-state index in [9.17, 15) is 0 Å². The summed E-state index contributed by atoms with van der Waals surface area (Å²) in [5, 5.41) is 7.90. The highest BCUT2D eigenvalue weighted by molar-refractivity contribution is 5.24. The van der Waals surface area contributed by atoms with Gasteiger partial charge in [-0.2, -0.15) is 4.68 Å². The Morgan fingerprint density at radius 3 is 3.00 bits per heavy atom. The quantitative estimate of drug-likeness (QED) is 0.896. The molecule has 2 aromatic heterocycles. The van der Waals surface area contributed by atoms with Crippen LogP contribution in [0.15, 0.2) is 18.2 Å². The highest BCUT2D eigenvalue weighted by Crippen LogP contribution is 2.11. The number of hydrogen-bond acceptors (Lipinski definition) is 5. The Hall–Kier alpha value is -1.79. The Morgan fingerprint density at radius 1 is 1.35 bits per heavy atom. The Labute approximate surface area is 118 Å². The molecule has 106 valence electrons. The van der Waals surface area contributed by atoms with E-state index in [0.29, 0.717) is 6.61 Å². The number of nitrogens with one attached hydrogen (secondary N) is 1. The summed E-state index contributed by atoms with van der Waals surface area (Å²) in [5.41, 5.74) is 0.973. The van der Waals surface area contributed by atoms with Gasteiger partial charge in [0.05, 0.1) is 13.2 Å². The van der Waals surface area contributed by atoms with Crippen LogP contribution in [0.25, 0.3) is 5.82 Å². The van der Waals surface area contributed by atoms with Crippen molar-refractivity contribution in [1.29, 1.82) is 0 Å². The first-order valence-electron chi connectivity index (χ1n) is 6.90. The molecule has 0 saturated carbocycles. The second kappa shape index (κ2) is 5.68. The van der Waals surface area contributed by atoms with Gasteiger partial charge in [-0.15, -0.1) is 5.10 Å². The molecule has 0 bridgehead atoms. The van der Waals surface area contributed by atoms with Gasteiger partial charge in [0.1, 0.15) is 11.6 Å². The van der Waals surface area contributed by atoms with Crippen molar-refractivity contribution in [2.45, 2.75) is 26.3 Å². The molecule has 0 amide bonds. The molecule has 0 aromatic carbocycles. The van der Waals surface area contributed by atoms with Crippen LogP contribution < -0.4 is 5.32 Å². The number of hydrogen-bond donors (Lipinski definition) is 1. The van der Waals surface area contributed by atoms with E-state index in [-0.39, 0.29) is 6.04 Å². The summed E-state index contributed by atoms with van der Waals surface area (Å²) in [5.74, 6) is 2.50. The SMILES string of the molecule is Cc1cccc(-n2nc(C)nc2CC2COCCN2)n1. The van der Waals surface area contributed by atoms with Crippen molar-refractivity contribution >= 4 is 0 Å². The number of morpholine rings is 1. The second-order valence-corrected chi connectivity index (χ2v) is 5.05. The van der Waals surface area contributed by atoms with Crippen LogP contribution in [0.5, 0.6) is 0 Å². The zero-order chi connectivity index (χ0) is 13.9. The number of nitrogens with zero attached hydrogens (tertiary/aromatic N) is 4. The largest absolute Gasteiger partial charge is 0.379 e. The highest BCUT2D eigenvalue weighted by Gasteiger charge is 2.18. The molecular formula is C14H19N5O. The molecule has 6 nitrogen and oxygen atoms in total. The summed E-state index contributed by atoms with van der Waals surface area (Å²) < 4.78 is 7.32. The molecule has 0 radical (unpaired) electrons. The lowest BCUT2D eigenvalue weighted by atomic mass is 10.2. The van der Waals surface area contributed by atoms with E-state index >= 15 is 0 Å². The standard InChI is InChI=1S/C14H19N5O/c1-10-4-3-5-13(16-10)19-14(17-11(2)18-19)8-12-9-20-7-6-15-12/h3-5,12,15H,6-9H2,1-2H3. The van der Waals surface area contributed by atoms with Crippen LogP contribution in [0.1, 0.15) is 17.3 Å². The average molecular weight is 273 g/mol. The monoisotopic (exact) mass is 273 g/mol. The van der Waals surface area contributed by atoms with Crippen molar-refractivity contribution in [2.75, 3.05) is 19.8 Å². The van der Waals surface area contributed by atoms with Gasteiger partial charge >= 0.3 is 0 Å².